The predicted molar refractivity (Wildman–Crippen MR) is 60.0 cm³/mol. The Morgan fingerprint density at radius 2 is 2.12 bits per heavy atom. The zero-order chi connectivity index (χ0) is 11.4. The molecule has 1 saturated heterocycles. The topological polar surface area (TPSA) is 53.3 Å². The van der Waals surface area contributed by atoms with Gasteiger partial charge in [-0.2, -0.15) is 0 Å². The van der Waals surface area contributed by atoms with E-state index < -0.39 is 5.91 Å². The lowest BCUT2D eigenvalue weighted by atomic mass is 10.1. The van der Waals surface area contributed by atoms with Gasteiger partial charge >= 0.3 is 0 Å². The number of nitrogens with one attached hydrogen (secondary N) is 1. The average Bonchev–Trinajstić information content (AvgIpc) is 2.30. The molecule has 1 aliphatic rings. The van der Waals surface area contributed by atoms with E-state index in [9.17, 15) is 4.79 Å². The number of carbonyl (C=O) groups is 1. The Morgan fingerprint density at radius 3 is 2.81 bits per heavy atom. The number of carbonyl (C=O) groups excluding carboxylic acids is 1. The molecule has 1 radical (unpaired) electrons. The molecule has 0 saturated carbocycles. The minimum Gasteiger partial charge on any atom is -0.379 e. The molecule has 1 aromatic rings. The summed E-state index contributed by atoms with van der Waals surface area (Å²) in [7, 11) is 0. The van der Waals surface area contributed by atoms with Crippen molar-refractivity contribution < 1.29 is 9.53 Å². The van der Waals surface area contributed by atoms with Crippen LogP contribution in [0.1, 0.15) is 15.9 Å². The van der Waals surface area contributed by atoms with Crippen LogP contribution < -0.4 is 5.73 Å². The fourth-order valence-corrected chi connectivity index (χ4v) is 1.83. The Labute approximate surface area is 95.0 Å². The van der Waals surface area contributed by atoms with Crippen LogP contribution in [0.15, 0.2) is 24.3 Å². The van der Waals surface area contributed by atoms with Crippen molar-refractivity contribution in [2.24, 2.45) is 0 Å². The van der Waals surface area contributed by atoms with Crippen LogP contribution in [0.3, 0.4) is 0 Å². The summed E-state index contributed by atoms with van der Waals surface area (Å²) < 4.78 is 5.27. The zero-order valence-electron chi connectivity index (χ0n) is 9.11. The Bertz CT molecular complexity index is 373. The van der Waals surface area contributed by atoms with Crippen LogP contribution >= 0.6 is 0 Å². The van der Waals surface area contributed by atoms with Gasteiger partial charge in [-0.25, -0.2) is 0 Å². The molecule has 4 nitrogen and oxygen atoms in total. The Morgan fingerprint density at radius 1 is 1.38 bits per heavy atom. The van der Waals surface area contributed by atoms with Crippen LogP contribution in [0.5, 0.6) is 0 Å². The van der Waals surface area contributed by atoms with Crippen molar-refractivity contribution in [1.82, 2.24) is 10.6 Å². The highest BCUT2D eigenvalue weighted by molar-refractivity contribution is 5.92. The molecule has 0 atom stereocenters. The Balaban J connectivity index is 2.02. The van der Waals surface area contributed by atoms with Crippen LogP contribution in [0.4, 0.5) is 0 Å². The molecular formula is C12H15N2O2. The molecule has 1 aromatic carbocycles. The van der Waals surface area contributed by atoms with E-state index in [1.165, 1.54) is 0 Å². The highest BCUT2D eigenvalue weighted by Gasteiger charge is 2.11. The highest BCUT2D eigenvalue weighted by atomic mass is 16.5. The fourth-order valence-electron chi connectivity index (χ4n) is 1.83. The first-order chi connectivity index (χ1) is 7.75. The SMILES string of the molecule is [NH]C(=O)c1cccc(CN2CCOCC2)c1. The number of amides is 1. The first-order valence-electron chi connectivity index (χ1n) is 5.41. The average molecular weight is 219 g/mol. The minimum atomic E-state index is -0.621. The number of benzene rings is 1. The van der Waals surface area contributed by atoms with E-state index in [4.69, 9.17) is 10.5 Å². The van der Waals surface area contributed by atoms with Crippen molar-refractivity contribution in [3.05, 3.63) is 35.4 Å². The molecule has 1 fully saturated rings. The van der Waals surface area contributed by atoms with Crippen molar-refractivity contribution in [3.8, 4) is 0 Å². The molecule has 0 aliphatic carbocycles. The lowest BCUT2D eigenvalue weighted by Gasteiger charge is -2.26. The minimum absolute atomic E-state index is 0.464. The van der Waals surface area contributed by atoms with Gasteiger partial charge in [0.25, 0.3) is 5.91 Å². The van der Waals surface area contributed by atoms with Crippen molar-refractivity contribution >= 4 is 5.91 Å². The lowest BCUT2D eigenvalue weighted by Crippen LogP contribution is -2.35. The van der Waals surface area contributed by atoms with Gasteiger partial charge in [-0.05, 0) is 17.7 Å². The van der Waals surface area contributed by atoms with E-state index in [0.29, 0.717) is 5.56 Å². The van der Waals surface area contributed by atoms with Gasteiger partial charge in [-0.15, -0.1) is 0 Å². The highest BCUT2D eigenvalue weighted by Crippen LogP contribution is 2.09. The molecule has 4 heteroatoms. The monoisotopic (exact) mass is 219 g/mol. The van der Waals surface area contributed by atoms with Crippen molar-refractivity contribution in [2.45, 2.75) is 6.54 Å². The molecule has 0 aromatic heterocycles. The van der Waals surface area contributed by atoms with Gasteiger partial charge in [-0.1, -0.05) is 12.1 Å². The molecule has 2 rings (SSSR count). The van der Waals surface area contributed by atoms with E-state index in [1.807, 2.05) is 12.1 Å². The largest absolute Gasteiger partial charge is 0.379 e. The summed E-state index contributed by atoms with van der Waals surface area (Å²) in [5.41, 5.74) is 8.61. The van der Waals surface area contributed by atoms with Crippen LogP contribution in [0.25, 0.3) is 0 Å². The Kier molecular flexibility index (Phi) is 3.54. The van der Waals surface area contributed by atoms with Crippen molar-refractivity contribution in [3.63, 3.8) is 0 Å². The Hall–Kier alpha value is -1.39. The van der Waals surface area contributed by atoms with Crippen LogP contribution in [-0.2, 0) is 11.3 Å². The number of hydrogen-bond acceptors (Lipinski definition) is 3. The molecule has 0 bridgehead atoms. The summed E-state index contributed by atoms with van der Waals surface area (Å²) in [5, 5.41) is 0. The number of rotatable bonds is 3. The summed E-state index contributed by atoms with van der Waals surface area (Å²) >= 11 is 0. The normalized spacial score (nSPS) is 17.2. The smallest absolute Gasteiger partial charge is 0.269 e. The van der Waals surface area contributed by atoms with E-state index in [-0.39, 0.29) is 0 Å². The summed E-state index contributed by atoms with van der Waals surface area (Å²) in [4.78, 5) is 13.2. The summed E-state index contributed by atoms with van der Waals surface area (Å²) in [6.07, 6.45) is 0. The standard InChI is InChI=1S/C12H15N2O2/c13-12(15)11-3-1-2-10(8-11)9-14-4-6-16-7-5-14/h1-3,8,13H,4-7,9H2. The van der Waals surface area contributed by atoms with Crippen LogP contribution in [0, 0.1) is 0 Å². The molecule has 85 valence electrons. The number of nitrogens with zero attached hydrogens (tertiary/aromatic N) is 1. The third-order valence-corrected chi connectivity index (χ3v) is 2.70. The van der Waals surface area contributed by atoms with Gasteiger partial charge in [0.05, 0.1) is 13.2 Å². The zero-order valence-corrected chi connectivity index (χ0v) is 9.11. The lowest BCUT2D eigenvalue weighted by molar-refractivity contribution is 0.0342. The maximum Gasteiger partial charge on any atom is 0.269 e. The first kappa shape index (κ1) is 11.1. The van der Waals surface area contributed by atoms with E-state index in [2.05, 4.69) is 4.90 Å². The third kappa shape index (κ3) is 2.81. The quantitative estimate of drug-likeness (QED) is 0.760. The molecular weight excluding hydrogens is 204 g/mol. The predicted octanol–water partition coefficient (Wildman–Crippen LogP) is 0.942. The summed E-state index contributed by atoms with van der Waals surface area (Å²) in [6, 6.07) is 7.29. The van der Waals surface area contributed by atoms with Gasteiger partial charge in [-0.3, -0.25) is 15.4 Å². The molecule has 1 N–H and O–H groups in total. The first-order valence-corrected chi connectivity index (χ1v) is 5.41. The molecule has 0 spiro atoms. The second-order valence-corrected chi connectivity index (χ2v) is 3.92. The third-order valence-electron chi connectivity index (χ3n) is 2.70. The van der Waals surface area contributed by atoms with Crippen molar-refractivity contribution in [2.75, 3.05) is 26.3 Å². The number of hydrogen-bond donors (Lipinski definition) is 0. The van der Waals surface area contributed by atoms with Crippen molar-refractivity contribution in [1.29, 1.82) is 0 Å². The number of ether oxygens (including phenoxy) is 1. The maximum absolute atomic E-state index is 10.9. The second kappa shape index (κ2) is 5.09. The van der Waals surface area contributed by atoms with Crippen LogP contribution in [0.2, 0.25) is 0 Å². The molecule has 0 unspecified atom stereocenters. The summed E-state index contributed by atoms with van der Waals surface area (Å²) in [6.45, 7) is 4.23. The molecule has 16 heavy (non-hydrogen) atoms. The maximum atomic E-state index is 10.9. The fraction of sp³-hybridized carbons (Fsp3) is 0.417. The second-order valence-electron chi connectivity index (χ2n) is 3.92. The van der Waals surface area contributed by atoms with Gasteiger partial charge in [0, 0.05) is 25.2 Å². The molecule has 1 heterocycles. The van der Waals surface area contributed by atoms with Gasteiger partial charge in [0.1, 0.15) is 0 Å². The van der Waals surface area contributed by atoms with E-state index in [1.54, 1.807) is 12.1 Å². The number of morpholine rings is 1. The molecule has 1 aliphatic heterocycles. The van der Waals surface area contributed by atoms with E-state index >= 15 is 0 Å². The van der Waals surface area contributed by atoms with Gasteiger partial charge in [0.15, 0.2) is 0 Å². The summed E-state index contributed by atoms with van der Waals surface area (Å²) in [5.74, 6) is -0.621. The van der Waals surface area contributed by atoms with Gasteiger partial charge < -0.3 is 4.74 Å². The van der Waals surface area contributed by atoms with Crippen LogP contribution in [-0.4, -0.2) is 37.1 Å². The molecule has 1 amide bonds. The van der Waals surface area contributed by atoms with E-state index in [0.717, 1.165) is 38.4 Å². The van der Waals surface area contributed by atoms with Gasteiger partial charge in [0.2, 0.25) is 0 Å².